The third kappa shape index (κ3) is 4.16. The third-order valence-electron chi connectivity index (χ3n) is 1.72. The topological polar surface area (TPSA) is 0 Å². The van der Waals surface area contributed by atoms with Gasteiger partial charge in [0.1, 0.15) is 0 Å². The summed E-state index contributed by atoms with van der Waals surface area (Å²) in [5.74, 6) is -7.09. The molecule has 0 radical (unpaired) electrons. The predicted octanol–water partition coefficient (Wildman–Crippen LogP) is 5.32. The Bertz CT molecular complexity index is 353. The first-order chi connectivity index (χ1) is 8.56. The number of hydrogen-bond acceptors (Lipinski definition) is 1. The van der Waals surface area contributed by atoms with Gasteiger partial charge in [-0.05, 0) is 5.75 Å². The van der Waals surface area contributed by atoms with E-state index < -0.39 is 52.4 Å². The molecule has 0 bridgehead atoms. The Morgan fingerprint density at radius 3 is 1.30 bits per heavy atom. The normalized spacial score (nSPS) is 14.4. The maximum atomic E-state index is 12.9. The molecule has 0 aliphatic heterocycles. The van der Waals surface area contributed by atoms with Gasteiger partial charge in [-0.2, -0.15) is 48.3 Å². The van der Waals surface area contributed by atoms with Gasteiger partial charge >= 0.3 is 24.5 Å². The summed E-state index contributed by atoms with van der Waals surface area (Å²) in [6.07, 6.45) is -19.4. The van der Waals surface area contributed by atoms with Gasteiger partial charge in [-0.1, -0.05) is 6.92 Å². The molecule has 20 heavy (non-hydrogen) atoms. The molecule has 0 aliphatic rings. The number of halogens is 11. The van der Waals surface area contributed by atoms with Gasteiger partial charge in [0.2, 0.25) is 0 Å². The van der Waals surface area contributed by atoms with E-state index >= 15 is 0 Å². The summed E-state index contributed by atoms with van der Waals surface area (Å²) in [5.41, 5.74) is -3.85. The van der Waals surface area contributed by atoms with Gasteiger partial charge in [-0.25, -0.2) is 0 Å². The summed E-state index contributed by atoms with van der Waals surface area (Å²) >= 11 is -0.858. The van der Waals surface area contributed by atoms with Crippen LogP contribution in [0.15, 0.2) is 10.5 Å². The van der Waals surface area contributed by atoms with E-state index in [0.717, 1.165) is 6.92 Å². The highest BCUT2D eigenvalue weighted by molar-refractivity contribution is 8.03. The van der Waals surface area contributed by atoms with Crippen LogP contribution in [0.5, 0.6) is 0 Å². The van der Waals surface area contributed by atoms with Crippen molar-refractivity contribution in [2.45, 2.75) is 31.4 Å². The second kappa shape index (κ2) is 5.60. The molecular formula is C8H5F11S. The lowest BCUT2D eigenvalue weighted by Gasteiger charge is -2.26. The number of hydrogen-bond donors (Lipinski definition) is 0. The van der Waals surface area contributed by atoms with Gasteiger partial charge in [0.25, 0.3) is 0 Å². The number of allylic oxidation sites excluding steroid dienone is 2. The summed E-state index contributed by atoms with van der Waals surface area (Å²) in [6.45, 7) is 0.835. The highest BCUT2D eigenvalue weighted by atomic mass is 32.2. The molecule has 12 heteroatoms. The second-order valence-electron chi connectivity index (χ2n) is 3.20. The Labute approximate surface area is 109 Å². The Balaban J connectivity index is 6.41. The first-order valence-electron chi connectivity index (χ1n) is 4.53. The van der Waals surface area contributed by atoms with Crippen molar-refractivity contribution in [3.63, 3.8) is 0 Å². The van der Waals surface area contributed by atoms with E-state index in [0.29, 0.717) is 0 Å². The van der Waals surface area contributed by atoms with E-state index in [-0.39, 0.29) is 0 Å². The van der Waals surface area contributed by atoms with Gasteiger partial charge in [-0.15, -0.1) is 11.8 Å². The minimum atomic E-state index is -6.58. The van der Waals surface area contributed by atoms with Crippen LogP contribution in [-0.4, -0.2) is 30.2 Å². The largest absolute Gasteiger partial charge is 0.458 e. The van der Waals surface area contributed by atoms with Crippen molar-refractivity contribution in [3.8, 4) is 0 Å². The summed E-state index contributed by atoms with van der Waals surface area (Å²) < 4.78 is 135. The van der Waals surface area contributed by atoms with Gasteiger partial charge in [0.15, 0.2) is 5.57 Å². The Morgan fingerprint density at radius 1 is 0.750 bits per heavy atom. The number of rotatable bonds is 3. The highest BCUT2D eigenvalue weighted by Crippen LogP contribution is 2.52. The van der Waals surface area contributed by atoms with Gasteiger partial charge in [0, 0.05) is 0 Å². The van der Waals surface area contributed by atoms with Crippen LogP contribution in [0.3, 0.4) is 0 Å². The van der Waals surface area contributed by atoms with Crippen LogP contribution in [0, 0.1) is 0 Å². The van der Waals surface area contributed by atoms with Crippen LogP contribution >= 0.6 is 11.8 Å². The van der Waals surface area contributed by atoms with Gasteiger partial charge < -0.3 is 0 Å². The molecular weight excluding hydrogens is 337 g/mol. The van der Waals surface area contributed by atoms with Crippen LogP contribution in [0.2, 0.25) is 0 Å². The maximum Gasteiger partial charge on any atom is 0.458 e. The zero-order valence-corrected chi connectivity index (χ0v) is 10.1. The average molecular weight is 342 g/mol. The lowest BCUT2D eigenvalue weighted by Crippen LogP contribution is -2.41. The minimum absolute atomic E-state index is 0.835. The first-order valence-corrected chi connectivity index (χ1v) is 5.51. The standard InChI is InChI=1S/C8H5F11S/c1-2-20-4(5(9,10)8(17,18)19)3(6(11,12)13)7(14,15)16/h2H2,1H3. The Kier molecular flexibility index (Phi) is 5.41. The number of alkyl halides is 11. The summed E-state index contributed by atoms with van der Waals surface area (Å²) in [5, 5.41) is 0. The zero-order valence-electron chi connectivity index (χ0n) is 9.27. The van der Waals surface area contributed by atoms with E-state index in [2.05, 4.69) is 0 Å². The van der Waals surface area contributed by atoms with Crippen molar-refractivity contribution in [3.05, 3.63) is 10.5 Å². The molecule has 120 valence electrons. The molecule has 0 aromatic carbocycles. The summed E-state index contributed by atoms with van der Waals surface area (Å²) in [4.78, 5) is -3.10. The van der Waals surface area contributed by atoms with Crippen molar-refractivity contribution in [1.29, 1.82) is 0 Å². The summed E-state index contributed by atoms with van der Waals surface area (Å²) in [7, 11) is 0. The molecule has 0 nitrogen and oxygen atoms in total. The molecule has 0 unspecified atom stereocenters. The fourth-order valence-electron chi connectivity index (χ4n) is 1.01. The molecule has 0 rings (SSSR count). The Hall–Kier alpha value is -0.680. The van der Waals surface area contributed by atoms with Crippen LogP contribution < -0.4 is 0 Å². The number of thioether (sulfide) groups is 1. The van der Waals surface area contributed by atoms with E-state index in [1.165, 1.54) is 0 Å². The van der Waals surface area contributed by atoms with Crippen molar-refractivity contribution in [1.82, 2.24) is 0 Å². The molecule has 0 heterocycles. The molecule has 0 saturated heterocycles. The maximum absolute atomic E-state index is 12.9. The molecule has 0 amide bonds. The molecule has 0 aliphatic carbocycles. The monoisotopic (exact) mass is 342 g/mol. The predicted molar refractivity (Wildman–Crippen MR) is 48.3 cm³/mol. The molecule has 0 aromatic heterocycles. The van der Waals surface area contributed by atoms with Crippen molar-refractivity contribution < 1.29 is 48.3 Å². The first kappa shape index (κ1) is 19.3. The van der Waals surface area contributed by atoms with E-state index in [1.54, 1.807) is 0 Å². The van der Waals surface area contributed by atoms with Crippen molar-refractivity contribution in [2.75, 3.05) is 5.75 Å². The third-order valence-corrected chi connectivity index (χ3v) is 2.76. The molecule has 0 fully saturated rings. The van der Waals surface area contributed by atoms with Gasteiger partial charge in [-0.3, -0.25) is 0 Å². The highest BCUT2D eigenvalue weighted by Gasteiger charge is 2.66. The van der Waals surface area contributed by atoms with Crippen LogP contribution in [-0.2, 0) is 0 Å². The van der Waals surface area contributed by atoms with Crippen LogP contribution in [0.1, 0.15) is 6.92 Å². The van der Waals surface area contributed by atoms with Gasteiger partial charge in [0.05, 0.1) is 4.91 Å². The lowest BCUT2D eigenvalue weighted by molar-refractivity contribution is -0.264. The fourth-order valence-corrected chi connectivity index (χ4v) is 1.97. The molecule has 0 N–H and O–H groups in total. The van der Waals surface area contributed by atoms with Crippen molar-refractivity contribution >= 4 is 11.8 Å². The molecule has 0 saturated carbocycles. The van der Waals surface area contributed by atoms with E-state index in [4.69, 9.17) is 0 Å². The van der Waals surface area contributed by atoms with Crippen molar-refractivity contribution in [2.24, 2.45) is 0 Å². The SMILES string of the molecule is CCSC(=C(C(F)(F)F)C(F)(F)F)C(F)(F)C(F)(F)F. The lowest BCUT2D eigenvalue weighted by atomic mass is 10.1. The molecule has 0 spiro atoms. The Morgan fingerprint density at radius 2 is 1.10 bits per heavy atom. The quantitative estimate of drug-likeness (QED) is 0.626. The second-order valence-corrected chi connectivity index (χ2v) is 4.48. The zero-order chi connectivity index (χ0) is 16.6. The molecule has 0 atom stereocenters. The average Bonchev–Trinajstić information content (AvgIpc) is 2.10. The fraction of sp³-hybridized carbons (Fsp3) is 0.750. The van der Waals surface area contributed by atoms with Crippen LogP contribution in [0.4, 0.5) is 48.3 Å². The summed E-state index contributed by atoms with van der Waals surface area (Å²) in [6, 6.07) is 0. The van der Waals surface area contributed by atoms with Crippen LogP contribution in [0.25, 0.3) is 0 Å². The van der Waals surface area contributed by atoms with E-state index in [9.17, 15) is 48.3 Å². The smallest absolute Gasteiger partial charge is 0.190 e. The minimum Gasteiger partial charge on any atom is -0.190 e. The van der Waals surface area contributed by atoms with E-state index in [1.807, 2.05) is 0 Å². The molecule has 0 aromatic rings.